The third-order valence-corrected chi connectivity index (χ3v) is 4.86. The lowest BCUT2D eigenvalue weighted by atomic mass is 10.1. The lowest BCUT2D eigenvalue weighted by Crippen LogP contribution is -2.46. The van der Waals surface area contributed by atoms with Crippen molar-refractivity contribution in [1.29, 1.82) is 0 Å². The fourth-order valence-electron chi connectivity index (χ4n) is 3.27. The molecule has 1 aliphatic heterocycles. The molecule has 0 saturated carbocycles. The maximum atomic E-state index is 12.5. The monoisotopic (exact) mass is 342 g/mol. The SMILES string of the molecule is CCN1CCN(c2ccccc2NC(=O)Cc2c(C)noc2C)CC1. The molecule has 1 aromatic carbocycles. The molecule has 0 unspecified atom stereocenters. The van der Waals surface area contributed by atoms with E-state index >= 15 is 0 Å². The standard InChI is InChI=1S/C19H26N4O2/c1-4-22-9-11-23(12-10-22)18-8-6-5-7-17(18)20-19(24)13-16-14(2)21-25-15(16)3/h5-8H,4,9-13H2,1-3H3,(H,20,24). The number of hydrogen-bond donors (Lipinski definition) is 1. The number of carbonyl (C=O) groups is 1. The molecule has 0 spiro atoms. The van der Waals surface area contributed by atoms with Crippen molar-refractivity contribution >= 4 is 17.3 Å². The number of para-hydroxylation sites is 2. The fourth-order valence-corrected chi connectivity index (χ4v) is 3.27. The number of amides is 1. The third-order valence-electron chi connectivity index (χ3n) is 4.86. The van der Waals surface area contributed by atoms with E-state index in [2.05, 4.69) is 33.3 Å². The Balaban J connectivity index is 1.70. The molecular formula is C19H26N4O2. The molecule has 0 bridgehead atoms. The zero-order valence-corrected chi connectivity index (χ0v) is 15.2. The maximum Gasteiger partial charge on any atom is 0.229 e. The van der Waals surface area contributed by atoms with Gasteiger partial charge in [0.25, 0.3) is 0 Å². The van der Waals surface area contributed by atoms with Gasteiger partial charge in [0.2, 0.25) is 5.91 Å². The first-order valence-electron chi connectivity index (χ1n) is 8.86. The van der Waals surface area contributed by atoms with E-state index in [1.165, 1.54) is 0 Å². The van der Waals surface area contributed by atoms with Gasteiger partial charge in [0.05, 0.1) is 23.5 Å². The van der Waals surface area contributed by atoms with Gasteiger partial charge in [-0.1, -0.05) is 24.2 Å². The minimum Gasteiger partial charge on any atom is -0.367 e. The van der Waals surface area contributed by atoms with Gasteiger partial charge in [-0.2, -0.15) is 0 Å². The molecule has 1 aromatic heterocycles. The van der Waals surface area contributed by atoms with Gasteiger partial charge in [-0.05, 0) is 32.5 Å². The summed E-state index contributed by atoms with van der Waals surface area (Å²) in [5, 5.41) is 6.98. The molecule has 134 valence electrons. The van der Waals surface area contributed by atoms with Gasteiger partial charge in [-0.25, -0.2) is 0 Å². The molecule has 0 aliphatic carbocycles. The van der Waals surface area contributed by atoms with Crippen LogP contribution >= 0.6 is 0 Å². The van der Waals surface area contributed by atoms with Crippen LogP contribution in [0.5, 0.6) is 0 Å². The predicted molar refractivity (Wildman–Crippen MR) is 99.1 cm³/mol. The summed E-state index contributed by atoms with van der Waals surface area (Å²) < 4.78 is 5.14. The molecule has 1 fully saturated rings. The smallest absolute Gasteiger partial charge is 0.229 e. The maximum absolute atomic E-state index is 12.5. The van der Waals surface area contributed by atoms with Crippen molar-refractivity contribution in [3.8, 4) is 0 Å². The number of benzene rings is 1. The summed E-state index contributed by atoms with van der Waals surface area (Å²) in [6.07, 6.45) is 0.277. The lowest BCUT2D eigenvalue weighted by molar-refractivity contribution is -0.115. The van der Waals surface area contributed by atoms with Crippen molar-refractivity contribution in [2.24, 2.45) is 0 Å². The van der Waals surface area contributed by atoms with E-state index in [1.54, 1.807) is 0 Å². The Morgan fingerprint density at radius 3 is 2.56 bits per heavy atom. The van der Waals surface area contributed by atoms with Gasteiger partial charge in [0.1, 0.15) is 5.76 Å². The first-order valence-corrected chi connectivity index (χ1v) is 8.86. The number of piperazine rings is 1. The molecule has 3 rings (SSSR count). The minimum absolute atomic E-state index is 0.0472. The first-order chi connectivity index (χ1) is 12.1. The van der Waals surface area contributed by atoms with Crippen molar-refractivity contribution in [3.63, 3.8) is 0 Å². The Bertz CT molecular complexity index is 713. The molecule has 0 atom stereocenters. The molecule has 1 amide bonds. The van der Waals surface area contributed by atoms with Crippen molar-refractivity contribution in [2.75, 3.05) is 42.9 Å². The van der Waals surface area contributed by atoms with Crippen LogP contribution in [-0.2, 0) is 11.2 Å². The largest absolute Gasteiger partial charge is 0.367 e. The van der Waals surface area contributed by atoms with Crippen molar-refractivity contribution in [3.05, 3.63) is 41.3 Å². The van der Waals surface area contributed by atoms with E-state index in [9.17, 15) is 4.79 Å². The van der Waals surface area contributed by atoms with E-state index in [4.69, 9.17) is 4.52 Å². The molecule has 1 N–H and O–H groups in total. The number of carbonyl (C=O) groups excluding carboxylic acids is 1. The number of likely N-dealkylation sites (N-methyl/N-ethyl adjacent to an activating group) is 1. The van der Waals surface area contributed by atoms with Gasteiger partial charge in [0, 0.05) is 31.7 Å². The fraction of sp³-hybridized carbons (Fsp3) is 0.474. The summed E-state index contributed by atoms with van der Waals surface area (Å²) in [5.41, 5.74) is 3.60. The highest BCUT2D eigenvalue weighted by Gasteiger charge is 2.19. The van der Waals surface area contributed by atoms with Crippen LogP contribution in [0.15, 0.2) is 28.8 Å². The normalized spacial score (nSPS) is 15.4. The Morgan fingerprint density at radius 2 is 1.92 bits per heavy atom. The minimum atomic E-state index is -0.0472. The van der Waals surface area contributed by atoms with Crippen LogP contribution < -0.4 is 10.2 Å². The van der Waals surface area contributed by atoms with Gasteiger partial charge < -0.3 is 19.6 Å². The van der Waals surface area contributed by atoms with Crippen LogP contribution in [0.4, 0.5) is 11.4 Å². The average molecular weight is 342 g/mol. The predicted octanol–water partition coefficient (Wildman–Crippen LogP) is 2.61. The summed E-state index contributed by atoms with van der Waals surface area (Å²) in [6.45, 7) is 11.0. The number of hydrogen-bond acceptors (Lipinski definition) is 5. The van der Waals surface area contributed by atoms with Crippen LogP contribution in [0.25, 0.3) is 0 Å². The van der Waals surface area contributed by atoms with Crippen LogP contribution in [-0.4, -0.2) is 48.7 Å². The molecule has 6 heteroatoms. The third kappa shape index (κ3) is 4.02. The zero-order valence-electron chi connectivity index (χ0n) is 15.2. The van der Waals surface area contributed by atoms with Gasteiger partial charge in [-0.3, -0.25) is 4.79 Å². The van der Waals surface area contributed by atoms with Crippen molar-refractivity contribution in [2.45, 2.75) is 27.2 Å². The molecule has 1 saturated heterocycles. The Hall–Kier alpha value is -2.34. The summed E-state index contributed by atoms with van der Waals surface area (Å²) >= 11 is 0. The van der Waals surface area contributed by atoms with Crippen LogP contribution in [0.3, 0.4) is 0 Å². The van der Waals surface area contributed by atoms with E-state index in [-0.39, 0.29) is 12.3 Å². The van der Waals surface area contributed by atoms with Gasteiger partial charge >= 0.3 is 0 Å². The lowest BCUT2D eigenvalue weighted by Gasteiger charge is -2.36. The van der Waals surface area contributed by atoms with E-state index in [0.717, 1.165) is 55.4 Å². The number of anilines is 2. The summed E-state index contributed by atoms with van der Waals surface area (Å²) in [5.74, 6) is 0.658. The number of nitrogens with one attached hydrogen (secondary N) is 1. The van der Waals surface area contributed by atoms with Crippen LogP contribution in [0.1, 0.15) is 23.9 Å². The van der Waals surface area contributed by atoms with E-state index < -0.39 is 0 Å². The highest BCUT2D eigenvalue weighted by atomic mass is 16.5. The second-order valence-corrected chi connectivity index (χ2v) is 6.47. The second-order valence-electron chi connectivity index (χ2n) is 6.47. The first kappa shape index (κ1) is 17.5. The van der Waals surface area contributed by atoms with Crippen LogP contribution in [0.2, 0.25) is 0 Å². The summed E-state index contributed by atoms with van der Waals surface area (Å²) in [6, 6.07) is 8.02. The molecule has 2 heterocycles. The molecule has 6 nitrogen and oxygen atoms in total. The summed E-state index contributed by atoms with van der Waals surface area (Å²) in [4.78, 5) is 17.3. The quantitative estimate of drug-likeness (QED) is 0.905. The average Bonchev–Trinajstić information content (AvgIpc) is 2.94. The van der Waals surface area contributed by atoms with Gasteiger partial charge in [0.15, 0.2) is 0 Å². The highest BCUT2D eigenvalue weighted by Crippen LogP contribution is 2.27. The molecule has 2 aromatic rings. The number of nitrogens with zero attached hydrogens (tertiary/aromatic N) is 3. The zero-order chi connectivity index (χ0) is 17.8. The van der Waals surface area contributed by atoms with Crippen LogP contribution in [0, 0.1) is 13.8 Å². The van der Waals surface area contributed by atoms with E-state index in [1.807, 2.05) is 32.0 Å². The summed E-state index contributed by atoms with van der Waals surface area (Å²) in [7, 11) is 0. The molecule has 25 heavy (non-hydrogen) atoms. The Kier molecular flexibility index (Phi) is 5.38. The van der Waals surface area contributed by atoms with E-state index in [0.29, 0.717) is 5.76 Å². The van der Waals surface area contributed by atoms with Gasteiger partial charge in [-0.15, -0.1) is 0 Å². The van der Waals surface area contributed by atoms with Crippen molar-refractivity contribution in [1.82, 2.24) is 10.1 Å². The number of rotatable bonds is 5. The molecular weight excluding hydrogens is 316 g/mol. The molecule has 0 radical (unpaired) electrons. The topological polar surface area (TPSA) is 61.6 Å². The number of aromatic nitrogens is 1. The Morgan fingerprint density at radius 1 is 1.20 bits per heavy atom. The Labute approximate surface area is 148 Å². The highest BCUT2D eigenvalue weighted by molar-refractivity contribution is 5.95. The second kappa shape index (κ2) is 7.70. The van der Waals surface area contributed by atoms with Crippen molar-refractivity contribution < 1.29 is 9.32 Å². The number of aryl methyl sites for hydroxylation is 2. The molecule has 1 aliphatic rings.